The van der Waals surface area contributed by atoms with Crippen molar-refractivity contribution in [2.45, 2.75) is 37.7 Å². The molecule has 0 unspecified atom stereocenters. The Balaban J connectivity index is 2.14. The van der Waals surface area contributed by atoms with Crippen LogP contribution in [0.15, 0.2) is 17.8 Å². The molecule has 8 heteroatoms. The molecule has 0 aliphatic carbocycles. The molecule has 1 saturated heterocycles. The molecule has 7 nitrogen and oxygen atoms in total. The molecule has 0 bridgehead atoms. The van der Waals surface area contributed by atoms with Crippen molar-refractivity contribution in [2.75, 3.05) is 37.7 Å². The Kier molecular flexibility index (Phi) is 7.11. The lowest BCUT2D eigenvalue weighted by molar-refractivity contribution is -0.120. The van der Waals surface area contributed by atoms with E-state index >= 15 is 0 Å². The summed E-state index contributed by atoms with van der Waals surface area (Å²) in [6, 6.07) is 0. The van der Waals surface area contributed by atoms with Crippen LogP contribution in [0.3, 0.4) is 0 Å². The number of ether oxygens (including phenoxy) is 1. The van der Waals surface area contributed by atoms with Gasteiger partial charge in [0.15, 0.2) is 5.16 Å². The van der Waals surface area contributed by atoms with Crippen molar-refractivity contribution < 1.29 is 9.53 Å². The third-order valence-electron chi connectivity index (χ3n) is 3.61. The highest BCUT2D eigenvalue weighted by Gasteiger charge is 2.24. The fraction of sp³-hybridized carbons (Fsp3) is 0.688. The van der Waals surface area contributed by atoms with Crippen LogP contribution in [0.25, 0.3) is 0 Å². The molecule has 24 heavy (non-hydrogen) atoms. The summed E-state index contributed by atoms with van der Waals surface area (Å²) in [5.74, 6) is 1.31. The molecule has 0 aromatic carbocycles. The number of morpholine rings is 1. The van der Waals surface area contributed by atoms with Gasteiger partial charge in [-0.3, -0.25) is 9.36 Å². The van der Waals surface area contributed by atoms with Gasteiger partial charge in [0, 0.05) is 26.2 Å². The normalized spacial score (nSPS) is 16.2. The largest absolute Gasteiger partial charge is 0.378 e. The average Bonchev–Trinajstić information content (AvgIpc) is 2.95. The molecule has 2 heterocycles. The van der Waals surface area contributed by atoms with Gasteiger partial charge in [0.25, 0.3) is 0 Å². The monoisotopic (exact) mass is 353 g/mol. The van der Waals surface area contributed by atoms with Crippen molar-refractivity contribution in [1.82, 2.24) is 20.1 Å². The molecule has 2 rings (SSSR count). The number of nitrogens with zero attached hydrogens (tertiary/aromatic N) is 4. The number of thioether (sulfide) groups is 1. The molecule has 134 valence electrons. The Morgan fingerprint density at radius 1 is 1.38 bits per heavy atom. The molecule has 0 saturated carbocycles. The Morgan fingerprint density at radius 2 is 2.08 bits per heavy atom. The summed E-state index contributed by atoms with van der Waals surface area (Å²) in [6.45, 7) is 14.2. The number of rotatable bonds is 8. The fourth-order valence-electron chi connectivity index (χ4n) is 2.42. The Hall–Kier alpha value is -1.54. The summed E-state index contributed by atoms with van der Waals surface area (Å²) >= 11 is 1.44. The molecule has 1 fully saturated rings. The zero-order chi connectivity index (χ0) is 17.5. The van der Waals surface area contributed by atoms with Crippen LogP contribution in [0, 0.1) is 5.92 Å². The molecule has 0 spiro atoms. The number of amides is 1. The summed E-state index contributed by atoms with van der Waals surface area (Å²) < 4.78 is 7.54. The van der Waals surface area contributed by atoms with E-state index in [1.807, 2.05) is 6.92 Å². The highest BCUT2D eigenvalue weighted by molar-refractivity contribution is 8.00. The zero-order valence-electron chi connectivity index (χ0n) is 14.7. The molecule has 1 atom stereocenters. The molecule has 1 aliphatic rings. The molecule has 1 aromatic rings. The van der Waals surface area contributed by atoms with Gasteiger partial charge in [-0.05, 0) is 12.8 Å². The third-order valence-corrected chi connectivity index (χ3v) is 4.69. The molecular weight excluding hydrogens is 326 g/mol. The van der Waals surface area contributed by atoms with Gasteiger partial charge in [0.05, 0.1) is 18.5 Å². The van der Waals surface area contributed by atoms with Crippen molar-refractivity contribution in [3.63, 3.8) is 0 Å². The summed E-state index contributed by atoms with van der Waals surface area (Å²) in [4.78, 5) is 14.3. The van der Waals surface area contributed by atoms with Gasteiger partial charge in [-0.25, -0.2) is 0 Å². The predicted octanol–water partition coefficient (Wildman–Crippen LogP) is 1.55. The van der Waals surface area contributed by atoms with Crippen LogP contribution in [0.4, 0.5) is 5.95 Å². The first kappa shape index (κ1) is 18.8. The smallest absolute Gasteiger partial charge is 0.233 e. The van der Waals surface area contributed by atoms with E-state index in [-0.39, 0.29) is 11.2 Å². The van der Waals surface area contributed by atoms with Gasteiger partial charge < -0.3 is 15.0 Å². The van der Waals surface area contributed by atoms with E-state index in [4.69, 9.17) is 4.74 Å². The molecular formula is C16H27N5O2S. The first-order valence-corrected chi connectivity index (χ1v) is 9.22. The lowest BCUT2D eigenvalue weighted by Gasteiger charge is -2.28. The van der Waals surface area contributed by atoms with Crippen LogP contribution in [-0.4, -0.2) is 58.8 Å². The Morgan fingerprint density at radius 3 is 2.71 bits per heavy atom. The second-order valence-corrected chi connectivity index (χ2v) is 7.49. The van der Waals surface area contributed by atoms with Gasteiger partial charge in [0.2, 0.25) is 11.9 Å². The number of nitrogens with one attached hydrogen (secondary N) is 1. The fourth-order valence-corrected chi connectivity index (χ4v) is 3.30. The minimum absolute atomic E-state index is 0.0214. The quantitative estimate of drug-likeness (QED) is 0.565. The van der Waals surface area contributed by atoms with Crippen molar-refractivity contribution in [2.24, 2.45) is 5.92 Å². The van der Waals surface area contributed by atoms with Crippen LogP contribution < -0.4 is 10.2 Å². The van der Waals surface area contributed by atoms with Gasteiger partial charge in [-0.15, -0.1) is 16.8 Å². The van der Waals surface area contributed by atoms with Crippen LogP contribution in [0.5, 0.6) is 0 Å². The molecule has 1 aliphatic heterocycles. The highest BCUT2D eigenvalue weighted by atomic mass is 32.2. The number of carbonyl (C=O) groups is 1. The second kappa shape index (κ2) is 9.08. The van der Waals surface area contributed by atoms with E-state index in [1.54, 1.807) is 6.08 Å². The van der Waals surface area contributed by atoms with Gasteiger partial charge in [0.1, 0.15) is 0 Å². The summed E-state index contributed by atoms with van der Waals surface area (Å²) in [5, 5.41) is 12.1. The molecule has 0 radical (unpaired) electrons. The van der Waals surface area contributed by atoms with Crippen molar-refractivity contribution in [3.8, 4) is 0 Å². The number of hydrogen-bond acceptors (Lipinski definition) is 6. The van der Waals surface area contributed by atoms with Crippen LogP contribution >= 0.6 is 11.8 Å². The summed E-state index contributed by atoms with van der Waals surface area (Å²) in [7, 11) is 0. The highest BCUT2D eigenvalue weighted by Crippen LogP contribution is 2.27. The van der Waals surface area contributed by atoms with Crippen LogP contribution in [0.1, 0.15) is 20.8 Å². The lowest BCUT2D eigenvalue weighted by atomic mass is 10.2. The third kappa shape index (κ3) is 4.98. The standard InChI is InChI=1S/C16H27N5O2S/c1-5-6-17-14(22)13(4)24-16-19-18-15(21(16)11-12(2)3)20-7-9-23-10-8-20/h5,12-13H,1,6-11H2,2-4H3,(H,17,22)/t13-/m0/s1. The van der Waals surface area contributed by atoms with E-state index < -0.39 is 0 Å². The SMILES string of the molecule is C=CCNC(=O)[C@H](C)Sc1nnc(N2CCOCC2)n1CC(C)C. The van der Waals surface area contributed by atoms with E-state index in [0.717, 1.165) is 30.7 Å². The number of aromatic nitrogens is 3. The Bertz CT molecular complexity index is 555. The van der Waals surface area contributed by atoms with E-state index in [9.17, 15) is 4.79 Å². The maximum absolute atomic E-state index is 12.1. The van der Waals surface area contributed by atoms with Crippen molar-refractivity contribution in [3.05, 3.63) is 12.7 Å². The van der Waals surface area contributed by atoms with Crippen LogP contribution in [0.2, 0.25) is 0 Å². The molecule has 1 aromatic heterocycles. The van der Waals surface area contributed by atoms with E-state index in [2.05, 4.69) is 45.4 Å². The number of anilines is 1. The average molecular weight is 353 g/mol. The van der Waals surface area contributed by atoms with Crippen molar-refractivity contribution in [1.29, 1.82) is 0 Å². The maximum Gasteiger partial charge on any atom is 0.233 e. The summed E-state index contributed by atoms with van der Waals surface area (Å²) in [6.07, 6.45) is 1.67. The Labute approximate surface area is 147 Å². The molecule has 1 N–H and O–H groups in total. The number of hydrogen-bond donors (Lipinski definition) is 1. The zero-order valence-corrected chi connectivity index (χ0v) is 15.5. The van der Waals surface area contributed by atoms with Gasteiger partial charge >= 0.3 is 0 Å². The second-order valence-electron chi connectivity index (χ2n) is 6.18. The van der Waals surface area contributed by atoms with Gasteiger partial charge in [-0.1, -0.05) is 31.7 Å². The van der Waals surface area contributed by atoms with E-state index in [1.165, 1.54) is 11.8 Å². The lowest BCUT2D eigenvalue weighted by Crippen LogP contribution is -2.38. The minimum atomic E-state index is -0.238. The van der Waals surface area contributed by atoms with Gasteiger partial charge in [-0.2, -0.15) is 0 Å². The summed E-state index contributed by atoms with van der Waals surface area (Å²) in [5.41, 5.74) is 0. The first-order valence-electron chi connectivity index (χ1n) is 8.34. The maximum atomic E-state index is 12.1. The molecule has 1 amide bonds. The number of carbonyl (C=O) groups excluding carboxylic acids is 1. The predicted molar refractivity (Wildman–Crippen MR) is 96.4 cm³/mol. The first-order chi connectivity index (χ1) is 11.5. The van der Waals surface area contributed by atoms with Crippen LogP contribution in [-0.2, 0) is 16.1 Å². The minimum Gasteiger partial charge on any atom is -0.378 e. The van der Waals surface area contributed by atoms with E-state index in [0.29, 0.717) is 25.7 Å². The van der Waals surface area contributed by atoms with Crippen molar-refractivity contribution >= 4 is 23.6 Å². The topological polar surface area (TPSA) is 72.3 Å².